The number of aromatic nitrogens is 2. The van der Waals surface area contributed by atoms with E-state index in [1.807, 2.05) is 20.0 Å². The Morgan fingerprint density at radius 3 is 2.74 bits per heavy atom. The van der Waals surface area contributed by atoms with Crippen molar-refractivity contribution in [2.75, 3.05) is 37.8 Å². The first-order valence-electron chi connectivity index (χ1n) is 7.16. The second-order valence-corrected chi connectivity index (χ2v) is 5.31. The lowest BCUT2D eigenvalue weighted by Crippen LogP contribution is -2.33. The molecule has 0 saturated heterocycles. The number of hydrogen-bond acceptors (Lipinski definition) is 5. The van der Waals surface area contributed by atoms with Crippen LogP contribution in [0.4, 0.5) is 11.8 Å². The highest BCUT2D eigenvalue weighted by molar-refractivity contribution is 5.41. The third-order valence-corrected chi connectivity index (χ3v) is 3.80. The Hall–Kier alpha value is -1.36. The van der Waals surface area contributed by atoms with Gasteiger partial charge in [-0.2, -0.15) is 4.98 Å². The van der Waals surface area contributed by atoms with Gasteiger partial charge < -0.3 is 15.5 Å². The molecule has 2 N–H and O–H groups in total. The van der Waals surface area contributed by atoms with E-state index in [1.54, 1.807) is 0 Å². The van der Waals surface area contributed by atoms with Gasteiger partial charge in [0.05, 0.1) is 0 Å². The molecule has 19 heavy (non-hydrogen) atoms. The average Bonchev–Trinajstić information content (AvgIpc) is 2.92. The zero-order valence-corrected chi connectivity index (χ0v) is 12.2. The second kappa shape index (κ2) is 6.70. The molecule has 5 nitrogen and oxygen atoms in total. The van der Waals surface area contributed by atoms with Crippen molar-refractivity contribution in [3.63, 3.8) is 0 Å². The summed E-state index contributed by atoms with van der Waals surface area (Å²) >= 11 is 0. The standard InChI is InChI=1S/C14H25N5/c1-11-10-13(18-14(15-2)17-11)16-8-9-19(3)12-6-4-5-7-12/h10,12H,4-9H2,1-3H3,(H2,15,16,17,18). The fourth-order valence-corrected chi connectivity index (χ4v) is 2.66. The maximum Gasteiger partial charge on any atom is 0.224 e. The molecule has 1 aromatic heterocycles. The van der Waals surface area contributed by atoms with Gasteiger partial charge in [0.1, 0.15) is 5.82 Å². The molecule has 1 aliphatic rings. The van der Waals surface area contributed by atoms with Gasteiger partial charge in [-0.1, -0.05) is 12.8 Å². The van der Waals surface area contributed by atoms with Crippen molar-refractivity contribution in [1.82, 2.24) is 14.9 Å². The summed E-state index contributed by atoms with van der Waals surface area (Å²) in [7, 11) is 4.06. The minimum Gasteiger partial charge on any atom is -0.369 e. The Balaban J connectivity index is 1.80. The maximum atomic E-state index is 4.39. The fraction of sp³-hybridized carbons (Fsp3) is 0.714. The quantitative estimate of drug-likeness (QED) is 0.823. The molecule has 5 heteroatoms. The average molecular weight is 263 g/mol. The molecule has 0 aromatic carbocycles. The van der Waals surface area contributed by atoms with Crippen molar-refractivity contribution < 1.29 is 0 Å². The molecule has 0 aliphatic heterocycles. The monoisotopic (exact) mass is 263 g/mol. The first kappa shape index (κ1) is 14.1. The van der Waals surface area contributed by atoms with Gasteiger partial charge in [-0.05, 0) is 26.8 Å². The highest BCUT2D eigenvalue weighted by Gasteiger charge is 2.18. The van der Waals surface area contributed by atoms with E-state index in [-0.39, 0.29) is 0 Å². The van der Waals surface area contributed by atoms with Gasteiger partial charge in [-0.3, -0.25) is 0 Å². The van der Waals surface area contributed by atoms with E-state index in [0.29, 0.717) is 5.95 Å². The lowest BCUT2D eigenvalue weighted by molar-refractivity contribution is 0.254. The predicted molar refractivity (Wildman–Crippen MR) is 79.7 cm³/mol. The summed E-state index contributed by atoms with van der Waals surface area (Å²) in [6, 6.07) is 2.76. The first-order valence-corrected chi connectivity index (χ1v) is 7.16. The van der Waals surface area contributed by atoms with Crippen LogP contribution in [0.25, 0.3) is 0 Å². The molecule has 1 aliphatic carbocycles. The normalized spacial score (nSPS) is 16.0. The smallest absolute Gasteiger partial charge is 0.224 e. The summed E-state index contributed by atoms with van der Waals surface area (Å²) < 4.78 is 0. The van der Waals surface area contributed by atoms with E-state index >= 15 is 0 Å². The minimum absolute atomic E-state index is 0.673. The third-order valence-electron chi connectivity index (χ3n) is 3.80. The van der Waals surface area contributed by atoms with Crippen LogP contribution >= 0.6 is 0 Å². The van der Waals surface area contributed by atoms with Gasteiger partial charge in [0, 0.05) is 37.9 Å². The molecular formula is C14H25N5. The fourth-order valence-electron chi connectivity index (χ4n) is 2.66. The van der Waals surface area contributed by atoms with Crippen molar-refractivity contribution in [3.8, 4) is 0 Å². The molecule has 1 saturated carbocycles. The lowest BCUT2D eigenvalue weighted by atomic mass is 10.2. The van der Waals surface area contributed by atoms with Crippen LogP contribution in [0.2, 0.25) is 0 Å². The lowest BCUT2D eigenvalue weighted by Gasteiger charge is -2.24. The number of nitrogens with one attached hydrogen (secondary N) is 2. The van der Waals surface area contributed by atoms with Gasteiger partial charge in [-0.25, -0.2) is 4.98 Å². The Morgan fingerprint density at radius 2 is 2.05 bits per heavy atom. The Morgan fingerprint density at radius 1 is 1.32 bits per heavy atom. The van der Waals surface area contributed by atoms with Crippen molar-refractivity contribution in [2.24, 2.45) is 0 Å². The number of nitrogens with zero attached hydrogens (tertiary/aromatic N) is 3. The van der Waals surface area contributed by atoms with Crippen molar-refractivity contribution >= 4 is 11.8 Å². The highest BCUT2D eigenvalue weighted by atomic mass is 15.2. The molecule has 0 radical (unpaired) electrons. The van der Waals surface area contributed by atoms with Crippen molar-refractivity contribution in [2.45, 2.75) is 38.6 Å². The van der Waals surface area contributed by atoms with Crippen LogP contribution in [-0.4, -0.2) is 48.1 Å². The van der Waals surface area contributed by atoms with Crippen LogP contribution in [0.3, 0.4) is 0 Å². The van der Waals surface area contributed by atoms with E-state index in [9.17, 15) is 0 Å². The van der Waals surface area contributed by atoms with Gasteiger partial charge in [0.25, 0.3) is 0 Å². The van der Waals surface area contributed by atoms with Crippen LogP contribution in [0.15, 0.2) is 6.07 Å². The van der Waals surface area contributed by atoms with E-state index in [4.69, 9.17) is 0 Å². The first-order chi connectivity index (χ1) is 9.19. The van der Waals surface area contributed by atoms with Gasteiger partial charge in [0.15, 0.2) is 0 Å². The van der Waals surface area contributed by atoms with Crippen LogP contribution < -0.4 is 10.6 Å². The summed E-state index contributed by atoms with van der Waals surface area (Å²) in [5.41, 5.74) is 0.978. The number of likely N-dealkylation sites (N-methyl/N-ethyl adjacent to an activating group) is 1. The van der Waals surface area contributed by atoms with Crippen molar-refractivity contribution in [1.29, 1.82) is 0 Å². The van der Waals surface area contributed by atoms with E-state index in [0.717, 1.165) is 30.6 Å². The highest BCUT2D eigenvalue weighted by Crippen LogP contribution is 2.21. The second-order valence-electron chi connectivity index (χ2n) is 5.31. The largest absolute Gasteiger partial charge is 0.369 e. The van der Waals surface area contributed by atoms with E-state index < -0.39 is 0 Å². The Labute approximate surface area is 115 Å². The Kier molecular flexibility index (Phi) is 4.96. The molecular weight excluding hydrogens is 238 g/mol. The zero-order valence-electron chi connectivity index (χ0n) is 12.2. The SMILES string of the molecule is CNc1nc(C)cc(NCCN(C)C2CCCC2)n1. The summed E-state index contributed by atoms with van der Waals surface area (Å²) in [5, 5.41) is 6.36. The van der Waals surface area contributed by atoms with E-state index in [1.165, 1.54) is 25.7 Å². The van der Waals surface area contributed by atoms with Crippen LogP contribution in [0.1, 0.15) is 31.4 Å². The molecule has 2 rings (SSSR count). The molecule has 1 aromatic rings. The summed E-state index contributed by atoms with van der Waals surface area (Å²) in [4.78, 5) is 11.1. The van der Waals surface area contributed by atoms with Crippen LogP contribution in [0, 0.1) is 6.92 Å². The Bertz CT molecular complexity index is 401. The molecule has 106 valence electrons. The van der Waals surface area contributed by atoms with Crippen molar-refractivity contribution in [3.05, 3.63) is 11.8 Å². The number of rotatable bonds is 6. The molecule has 0 atom stereocenters. The summed E-state index contributed by atoms with van der Waals surface area (Å²) in [6.45, 7) is 3.97. The number of hydrogen-bond donors (Lipinski definition) is 2. The minimum atomic E-state index is 0.673. The predicted octanol–water partition coefficient (Wildman–Crippen LogP) is 2.11. The molecule has 0 bridgehead atoms. The molecule has 0 amide bonds. The third kappa shape index (κ3) is 4.06. The topological polar surface area (TPSA) is 53.1 Å². The number of aryl methyl sites for hydroxylation is 1. The van der Waals surface area contributed by atoms with Gasteiger partial charge >= 0.3 is 0 Å². The van der Waals surface area contributed by atoms with Crippen LogP contribution in [0.5, 0.6) is 0 Å². The zero-order chi connectivity index (χ0) is 13.7. The summed E-state index contributed by atoms with van der Waals surface area (Å²) in [6.07, 6.45) is 5.48. The molecule has 0 spiro atoms. The van der Waals surface area contributed by atoms with Crippen LogP contribution in [-0.2, 0) is 0 Å². The summed E-state index contributed by atoms with van der Waals surface area (Å²) in [5.74, 6) is 1.57. The number of anilines is 2. The molecule has 0 unspecified atom stereocenters. The molecule has 1 fully saturated rings. The maximum absolute atomic E-state index is 4.39. The molecule has 1 heterocycles. The van der Waals surface area contributed by atoms with E-state index in [2.05, 4.69) is 32.5 Å². The van der Waals surface area contributed by atoms with Gasteiger partial charge in [0.2, 0.25) is 5.95 Å². The van der Waals surface area contributed by atoms with Gasteiger partial charge in [-0.15, -0.1) is 0 Å².